The SMILES string of the molecule is O=C(c1ccc2[nH]cc(C(O)N3CCN(C4=CC5CC5C=N4)C3)c2c1)N1CCC(Cc2ccccc2)CC1. The summed E-state index contributed by atoms with van der Waals surface area (Å²) < 4.78 is 0. The van der Waals surface area contributed by atoms with Crippen LogP contribution in [-0.2, 0) is 6.42 Å². The van der Waals surface area contributed by atoms with Crippen LogP contribution in [0.3, 0.4) is 0 Å². The largest absolute Gasteiger partial charge is 0.374 e. The van der Waals surface area contributed by atoms with E-state index in [-0.39, 0.29) is 5.91 Å². The Labute approximate surface area is 223 Å². The van der Waals surface area contributed by atoms with Crippen molar-refractivity contribution in [3.63, 3.8) is 0 Å². The summed E-state index contributed by atoms with van der Waals surface area (Å²) in [6.45, 7) is 3.85. The van der Waals surface area contributed by atoms with E-state index in [1.165, 1.54) is 12.0 Å². The molecule has 3 unspecified atom stereocenters. The average molecular weight is 510 g/mol. The van der Waals surface area contributed by atoms with Crippen LogP contribution >= 0.6 is 0 Å². The molecule has 1 saturated carbocycles. The number of likely N-dealkylation sites (tertiary alicyclic amines) is 1. The number of rotatable bonds is 6. The van der Waals surface area contributed by atoms with Gasteiger partial charge in [-0.1, -0.05) is 30.3 Å². The summed E-state index contributed by atoms with van der Waals surface area (Å²) in [7, 11) is 0. The van der Waals surface area contributed by atoms with Gasteiger partial charge in [0.2, 0.25) is 0 Å². The van der Waals surface area contributed by atoms with Gasteiger partial charge < -0.3 is 19.9 Å². The Kier molecular flexibility index (Phi) is 6.05. The Hall–Kier alpha value is -3.42. The van der Waals surface area contributed by atoms with Crippen LogP contribution in [0.15, 0.2) is 71.6 Å². The number of aromatic nitrogens is 1. The fourth-order valence-corrected chi connectivity index (χ4v) is 6.34. The lowest BCUT2D eigenvalue weighted by Crippen LogP contribution is -2.38. The van der Waals surface area contributed by atoms with Crippen molar-refractivity contribution >= 4 is 23.0 Å². The molecule has 7 nitrogen and oxygen atoms in total. The summed E-state index contributed by atoms with van der Waals surface area (Å²) in [6, 6.07) is 16.5. The summed E-state index contributed by atoms with van der Waals surface area (Å²) in [6.07, 6.45) is 9.88. The van der Waals surface area contributed by atoms with Gasteiger partial charge in [-0.2, -0.15) is 0 Å². The van der Waals surface area contributed by atoms with E-state index >= 15 is 0 Å². The number of nitrogens with one attached hydrogen (secondary N) is 1. The molecule has 3 aromatic rings. The number of hydrogen-bond acceptors (Lipinski definition) is 5. The number of allylic oxidation sites excluding steroid dienone is 1. The molecule has 7 heteroatoms. The van der Waals surface area contributed by atoms with Crippen LogP contribution in [0.5, 0.6) is 0 Å². The Balaban J connectivity index is 1.02. The number of carbonyl (C=O) groups is 1. The second kappa shape index (κ2) is 9.71. The molecule has 7 rings (SSSR count). The number of piperidine rings is 1. The molecular formula is C31H35N5O2. The molecule has 196 valence electrons. The molecule has 4 aliphatic rings. The number of fused-ring (bicyclic) bond motifs is 2. The minimum Gasteiger partial charge on any atom is -0.374 e. The van der Waals surface area contributed by atoms with Crippen LogP contribution in [0.2, 0.25) is 0 Å². The molecule has 2 N–H and O–H groups in total. The maximum absolute atomic E-state index is 13.4. The number of H-pyrrole nitrogens is 1. The van der Waals surface area contributed by atoms with Crippen molar-refractivity contribution in [1.82, 2.24) is 19.7 Å². The molecule has 1 amide bonds. The minimum absolute atomic E-state index is 0.0829. The molecule has 0 bridgehead atoms. The molecule has 3 fully saturated rings. The van der Waals surface area contributed by atoms with Gasteiger partial charge in [-0.25, -0.2) is 4.99 Å². The number of aliphatic hydroxyl groups is 1. The highest BCUT2D eigenvalue weighted by Gasteiger charge is 2.38. The molecule has 3 atom stereocenters. The maximum Gasteiger partial charge on any atom is 0.253 e. The van der Waals surface area contributed by atoms with Crippen LogP contribution in [0, 0.1) is 17.8 Å². The van der Waals surface area contributed by atoms with Gasteiger partial charge in [0.1, 0.15) is 12.0 Å². The summed E-state index contributed by atoms with van der Waals surface area (Å²) in [5.74, 6) is 3.04. The first-order valence-corrected chi connectivity index (χ1v) is 14.0. The number of carbonyl (C=O) groups excluding carboxylic acids is 1. The summed E-state index contributed by atoms with van der Waals surface area (Å²) in [4.78, 5) is 27.7. The van der Waals surface area contributed by atoms with Crippen molar-refractivity contribution < 1.29 is 9.90 Å². The first-order chi connectivity index (χ1) is 18.6. The summed E-state index contributed by atoms with van der Waals surface area (Å²) >= 11 is 0. The van der Waals surface area contributed by atoms with E-state index in [9.17, 15) is 9.90 Å². The van der Waals surface area contributed by atoms with Gasteiger partial charge in [0.15, 0.2) is 0 Å². The first kappa shape index (κ1) is 23.7. The number of nitrogens with zero attached hydrogens (tertiary/aromatic N) is 4. The minimum atomic E-state index is -0.741. The highest BCUT2D eigenvalue weighted by molar-refractivity contribution is 5.99. The van der Waals surface area contributed by atoms with Crippen LogP contribution in [-0.4, -0.2) is 69.8 Å². The third kappa shape index (κ3) is 4.54. The monoisotopic (exact) mass is 509 g/mol. The molecule has 2 saturated heterocycles. The van der Waals surface area contributed by atoms with Gasteiger partial charge in [0.25, 0.3) is 5.91 Å². The van der Waals surface area contributed by atoms with E-state index in [1.807, 2.05) is 29.3 Å². The van der Waals surface area contributed by atoms with Crippen LogP contribution in [0.4, 0.5) is 0 Å². The zero-order valence-corrected chi connectivity index (χ0v) is 21.7. The van der Waals surface area contributed by atoms with E-state index in [0.29, 0.717) is 30.0 Å². The van der Waals surface area contributed by atoms with Gasteiger partial charge in [0, 0.05) is 66.5 Å². The zero-order valence-electron chi connectivity index (χ0n) is 21.7. The molecule has 4 heterocycles. The summed E-state index contributed by atoms with van der Waals surface area (Å²) in [5, 5.41) is 12.3. The molecule has 0 spiro atoms. The number of aromatic amines is 1. The molecule has 1 aromatic heterocycles. The average Bonchev–Trinajstić information content (AvgIpc) is 3.36. The van der Waals surface area contributed by atoms with Gasteiger partial charge in [-0.15, -0.1) is 0 Å². The fourth-order valence-electron chi connectivity index (χ4n) is 6.34. The Morgan fingerprint density at radius 2 is 1.89 bits per heavy atom. The molecule has 38 heavy (non-hydrogen) atoms. The van der Waals surface area contributed by atoms with E-state index in [2.05, 4.69) is 62.4 Å². The third-order valence-corrected chi connectivity index (χ3v) is 8.84. The predicted molar refractivity (Wildman–Crippen MR) is 148 cm³/mol. The topological polar surface area (TPSA) is 75.2 Å². The molecule has 3 aliphatic heterocycles. The highest BCUT2D eigenvalue weighted by atomic mass is 16.3. The van der Waals surface area contributed by atoms with E-state index in [0.717, 1.165) is 67.7 Å². The molecule has 1 aliphatic carbocycles. The number of amides is 1. The maximum atomic E-state index is 13.4. The molecular weight excluding hydrogens is 474 g/mol. The Morgan fingerprint density at radius 1 is 1.05 bits per heavy atom. The van der Waals surface area contributed by atoms with Crippen molar-refractivity contribution in [2.75, 3.05) is 32.8 Å². The Morgan fingerprint density at radius 3 is 2.71 bits per heavy atom. The highest BCUT2D eigenvalue weighted by Crippen LogP contribution is 2.42. The first-order valence-electron chi connectivity index (χ1n) is 14.0. The normalized spacial score (nSPS) is 24.5. The van der Waals surface area contributed by atoms with E-state index < -0.39 is 6.23 Å². The van der Waals surface area contributed by atoms with Crippen LogP contribution < -0.4 is 0 Å². The Bertz CT molecular complexity index is 1390. The van der Waals surface area contributed by atoms with Crippen molar-refractivity contribution in [3.05, 3.63) is 83.3 Å². The third-order valence-electron chi connectivity index (χ3n) is 8.84. The van der Waals surface area contributed by atoms with Gasteiger partial charge in [-0.3, -0.25) is 9.69 Å². The van der Waals surface area contributed by atoms with Crippen molar-refractivity contribution in [2.24, 2.45) is 22.7 Å². The predicted octanol–water partition coefficient (Wildman–Crippen LogP) is 4.39. The standard InChI is InChI=1S/C31H35N5O2/c37-30(34-10-8-22(9-11-34)14-21-4-2-1-3-5-21)23-6-7-28-26(16-23)27(19-32-28)31(38)36-13-12-35(20-36)29-17-24-15-25(24)18-33-29/h1-7,16-19,22,24-25,31-32,38H,8-15,20H2. The van der Waals surface area contributed by atoms with Crippen molar-refractivity contribution in [2.45, 2.75) is 31.9 Å². The molecule has 2 aromatic carbocycles. The number of hydrogen-bond donors (Lipinski definition) is 2. The second-order valence-corrected chi connectivity index (χ2v) is 11.4. The number of benzene rings is 2. The van der Waals surface area contributed by atoms with E-state index in [4.69, 9.17) is 0 Å². The van der Waals surface area contributed by atoms with Crippen molar-refractivity contribution in [3.8, 4) is 0 Å². The molecule has 0 radical (unpaired) electrons. The lowest BCUT2D eigenvalue weighted by Gasteiger charge is -2.32. The zero-order chi connectivity index (χ0) is 25.6. The van der Waals surface area contributed by atoms with Gasteiger partial charge in [0.05, 0.1) is 6.67 Å². The second-order valence-electron chi connectivity index (χ2n) is 11.4. The van der Waals surface area contributed by atoms with E-state index in [1.54, 1.807) is 0 Å². The van der Waals surface area contributed by atoms with Gasteiger partial charge >= 0.3 is 0 Å². The van der Waals surface area contributed by atoms with Gasteiger partial charge in [-0.05, 0) is 67.4 Å². The van der Waals surface area contributed by atoms with Crippen LogP contribution in [0.25, 0.3) is 10.9 Å². The number of aliphatic hydroxyl groups excluding tert-OH is 1. The lowest BCUT2D eigenvalue weighted by atomic mass is 9.90. The van der Waals surface area contributed by atoms with Crippen molar-refractivity contribution in [1.29, 1.82) is 0 Å². The van der Waals surface area contributed by atoms with Crippen LogP contribution in [0.1, 0.15) is 47.0 Å². The smallest absolute Gasteiger partial charge is 0.253 e. The fraction of sp³-hybridized carbons (Fsp3) is 0.419. The quantitative estimate of drug-likeness (QED) is 0.517. The summed E-state index contributed by atoms with van der Waals surface area (Å²) in [5.41, 5.74) is 3.83. The lowest BCUT2D eigenvalue weighted by molar-refractivity contribution is 0.0114. The number of aliphatic imine (C=N–C) groups is 1.